The van der Waals surface area contributed by atoms with Crippen molar-refractivity contribution < 1.29 is 24.2 Å². The molecule has 2 aliphatic rings. The van der Waals surface area contributed by atoms with Crippen LogP contribution in [0, 0.1) is 0 Å². The number of anilines is 1. The van der Waals surface area contributed by atoms with Gasteiger partial charge in [-0.05, 0) is 78.7 Å². The molecule has 208 valence electrons. The second-order valence-electron chi connectivity index (χ2n) is 10.2. The van der Waals surface area contributed by atoms with Crippen molar-refractivity contribution in [2.24, 2.45) is 0 Å². The monoisotopic (exact) mass is 594 g/mol. The molecule has 0 unspecified atom stereocenters. The number of carbonyl (C=O) groups excluding carboxylic acids is 2. The number of carbonyl (C=O) groups is 2. The lowest BCUT2D eigenvalue weighted by Crippen LogP contribution is -2.29. The molecule has 4 aromatic carbocycles. The number of fused-ring (bicyclic) bond motifs is 2. The molecule has 0 aliphatic carbocycles. The zero-order valence-corrected chi connectivity index (χ0v) is 23.9. The Labute approximate surface area is 250 Å². The van der Waals surface area contributed by atoms with Crippen LogP contribution in [0.5, 0.6) is 17.2 Å². The second-order valence-corrected chi connectivity index (χ2v) is 11.7. The molecule has 0 radical (unpaired) electrons. The van der Waals surface area contributed by atoms with Crippen LogP contribution >= 0.6 is 22.9 Å². The van der Waals surface area contributed by atoms with Crippen molar-refractivity contribution in [3.05, 3.63) is 118 Å². The van der Waals surface area contributed by atoms with Gasteiger partial charge in [-0.15, -0.1) is 0 Å². The molecule has 1 N–H and O–H groups in total. The van der Waals surface area contributed by atoms with Crippen molar-refractivity contribution >= 4 is 55.7 Å². The molecule has 9 heteroatoms. The van der Waals surface area contributed by atoms with E-state index in [4.69, 9.17) is 21.1 Å². The lowest BCUT2D eigenvalue weighted by molar-refractivity contribution is -0.132. The van der Waals surface area contributed by atoms with Gasteiger partial charge in [-0.25, -0.2) is 4.98 Å². The fourth-order valence-corrected chi connectivity index (χ4v) is 6.70. The predicted octanol–water partition coefficient (Wildman–Crippen LogP) is 7.69. The van der Waals surface area contributed by atoms with Gasteiger partial charge in [0.15, 0.2) is 5.13 Å². The zero-order chi connectivity index (χ0) is 29.0. The molecule has 1 fully saturated rings. The van der Waals surface area contributed by atoms with Crippen LogP contribution in [0.2, 0.25) is 5.02 Å². The van der Waals surface area contributed by atoms with E-state index in [1.807, 2.05) is 43.3 Å². The first kappa shape index (κ1) is 26.3. The highest BCUT2D eigenvalue weighted by atomic mass is 35.5. The van der Waals surface area contributed by atoms with E-state index in [0.717, 1.165) is 16.0 Å². The van der Waals surface area contributed by atoms with Gasteiger partial charge in [0, 0.05) is 17.0 Å². The van der Waals surface area contributed by atoms with Gasteiger partial charge in [-0.1, -0.05) is 53.3 Å². The number of aliphatic hydroxyl groups excluding tert-OH is 1. The largest absolute Gasteiger partial charge is 0.507 e. The highest BCUT2D eigenvalue weighted by molar-refractivity contribution is 7.22. The molecule has 3 heterocycles. The first-order chi connectivity index (χ1) is 20.4. The molecule has 0 spiro atoms. The summed E-state index contributed by atoms with van der Waals surface area (Å²) < 4.78 is 12.6. The Hall–Kier alpha value is -4.66. The van der Waals surface area contributed by atoms with Gasteiger partial charge in [-0.3, -0.25) is 14.5 Å². The number of rotatable bonds is 5. The average Bonchev–Trinajstić information content (AvgIpc) is 3.65. The van der Waals surface area contributed by atoms with Gasteiger partial charge in [-0.2, -0.15) is 0 Å². The number of ether oxygens (including phenoxy) is 2. The number of benzene rings is 4. The van der Waals surface area contributed by atoms with Gasteiger partial charge in [0.2, 0.25) is 0 Å². The lowest BCUT2D eigenvalue weighted by Gasteiger charge is -2.23. The Morgan fingerprint density at radius 1 is 1.00 bits per heavy atom. The number of thiazole rings is 1. The quantitative estimate of drug-likeness (QED) is 0.127. The van der Waals surface area contributed by atoms with Crippen molar-refractivity contribution in [3.63, 3.8) is 0 Å². The summed E-state index contributed by atoms with van der Waals surface area (Å²) in [7, 11) is 0. The number of ketones is 1. The number of aliphatic hydroxyl groups is 1. The van der Waals surface area contributed by atoms with E-state index >= 15 is 0 Å². The van der Waals surface area contributed by atoms with Crippen LogP contribution in [0.3, 0.4) is 0 Å². The third-order valence-electron chi connectivity index (χ3n) is 7.31. The standard InChI is InChI=1S/C33H23ClN2O5S/c1-18-14-21-15-20(10-13-26(21)40-18)30(37)28-29(19-6-5-9-24(16-19)41-23-7-3-2-4-8-23)36(32(39)31(28)38)33-35-25-12-11-22(34)17-27(25)42-33/h2-13,15-18,29,37H,14H2,1H3/t18-,29+/m0/s1. The molecular weight excluding hydrogens is 572 g/mol. The van der Waals surface area contributed by atoms with E-state index in [9.17, 15) is 14.7 Å². The number of nitrogens with zero attached hydrogens (tertiary/aromatic N) is 2. The molecule has 0 bridgehead atoms. The maximum Gasteiger partial charge on any atom is 0.301 e. The average molecular weight is 595 g/mol. The molecule has 42 heavy (non-hydrogen) atoms. The number of amides is 1. The van der Waals surface area contributed by atoms with E-state index in [0.29, 0.717) is 44.7 Å². The van der Waals surface area contributed by atoms with Crippen LogP contribution in [0.15, 0.2) is 96.6 Å². The Kier molecular flexibility index (Phi) is 6.45. The summed E-state index contributed by atoms with van der Waals surface area (Å²) in [5, 5.41) is 12.5. The summed E-state index contributed by atoms with van der Waals surface area (Å²) >= 11 is 7.46. The summed E-state index contributed by atoms with van der Waals surface area (Å²) in [5.74, 6) is 0.0653. The Morgan fingerprint density at radius 3 is 2.64 bits per heavy atom. The number of aromatic nitrogens is 1. The van der Waals surface area contributed by atoms with Crippen molar-refractivity contribution in [2.45, 2.75) is 25.5 Å². The third kappa shape index (κ3) is 4.58. The van der Waals surface area contributed by atoms with Crippen molar-refractivity contribution in [3.8, 4) is 17.2 Å². The number of hydrogen-bond donors (Lipinski definition) is 1. The van der Waals surface area contributed by atoms with Gasteiger partial charge in [0.1, 0.15) is 29.1 Å². The van der Waals surface area contributed by atoms with Crippen LogP contribution in [0.25, 0.3) is 16.0 Å². The van der Waals surface area contributed by atoms with Crippen LogP contribution in [-0.2, 0) is 16.0 Å². The van der Waals surface area contributed by atoms with Crippen LogP contribution in [0.1, 0.15) is 29.7 Å². The summed E-state index contributed by atoms with van der Waals surface area (Å²) in [6.45, 7) is 1.97. The summed E-state index contributed by atoms with van der Waals surface area (Å²) in [4.78, 5) is 33.4. The second kappa shape index (κ2) is 10.3. The highest BCUT2D eigenvalue weighted by Crippen LogP contribution is 2.45. The number of para-hydroxylation sites is 1. The molecule has 2 atom stereocenters. The van der Waals surface area contributed by atoms with Crippen LogP contribution in [-0.4, -0.2) is 27.9 Å². The minimum Gasteiger partial charge on any atom is -0.507 e. The van der Waals surface area contributed by atoms with Gasteiger partial charge >= 0.3 is 5.91 Å². The fraction of sp³-hybridized carbons (Fsp3) is 0.121. The molecule has 2 aliphatic heterocycles. The maximum absolute atomic E-state index is 13.7. The van der Waals surface area contributed by atoms with Crippen LogP contribution < -0.4 is 14.4 Å². The smallest absolute Gasteiger partial charge is 0.301 e. The first-order valence-electron chi connectivity index (χ1n) is 13.4. The fourth-order valence-electron chi connectivity index (χ4n) is 5.43. The van der Waals surface area contributed by atoms with E-state index in [1.165, 1.54) is 16.2 Å². The molecule has 5 aromatic rings. The van der Waals surface area contributed by atoms with Gasteiger partial charge in [0.05, 0.1) is 21.8 Å². The number of Topliss-reactive ketones (excluding diaryl/α,β-unsaturated/α-hetero) is 1. The molecule has 1 amide bonds. The minimum absolute atomic E-state index is 0.0165. The third-order valence-corrected chi connectivity index (χ3v) is 8.56. The molecular formula is C33H23ClN2O5S. The van der Waals surface area contributed by atoms with Gasteiger partial charge < -0.3 is 14.6 Å². The van der Waals surface area contributed by atoms with Crippen molar-refractivity contribution in [1.82, 2.24) is 4.98 Å². The van der Waals surface area contributed by atoms with E-state index in [-0.39, 0.29) is 17.4 Å². The normalized spacial score (nSPS) is 19.2. The minimum atomic E-state index is -0.955. The molecule has 7 nitrogen and oxygen atoms in total. The van der Waals surface area contributed by atoms with Crippen molar-refractivity contribution in [2.75, 3.05) is 4.90 Å². The molecule has 7 rings (SSSR count). The summed E-state index contributed by atoms with van der Waals surface area (Å²) in [5.41, 5.74) is 2.57. The van der Waals surface area contributed by atoms with Gasteiger partial charge in [0.25, 0.3) is 5.78 Å². The van der Waals surface area contributed by atoms with E-state index in [2.05, 4.69) is 4.98 Å². The zero-order valence-electron chi connectivity index (χ0n) is 22.3. The molecule has 1 aromatic heterocycles. The maximum atomic E-state index is 13.7. The number of halogens is 1. The van der Waals surface area contributed by atoms with Crippen molar-refractivity contribution in [1.29, 1.82) is 0 Å². The Balaban J connectivity index is 1.38. The topological polar surface area (TPSA) is 89.0 Å². The first-order valence-corrected chi connectivity index (χ1v) is 14.5. The molecule has 0 saturated carbocycles. The Bertz CT molecular complexity index is 1920. The number of hydrogen-bond acceptors (Lipinski definition) is 7. The molecule has 1 saturated heterocycles. The highest BCUT2D eigenvalue weighted by Gasteiger charge is 2.48. The Morgan fingerprint density at radius 2 is 1.81 bits per heavy atom. The summed E-state index contributed by atoms with van der Waals surface area (Å²) in [6, 6.07) is 26.1. The van der Waals surface area contributed by atoms with E-state index in [1.54, 1.807) is 54.6 Å². The predicted molar refractivity (Wildman–Crippen MR) is 163 cm³/mol. The lowest BCUT2D eigenvalue weighted by atomic mass is 9.94. The summed E-state index contributed by atoms with van der Waals surface area (Å²) in [6.07, 6.45) is 0.698. The van der Waals surface area contributed by atoms with Crippen LogP contribution in [0.4, 0.5) is 5.13 Å². The van der Waals surface area contributed by atoms with E-state index < -0.39 is 17.7 Å². The SMILES string of the molecule is C[C@H]1Cc2cc(C(O)=C3C(=O)C(=O)N(c4nc5ccc(Cl)cc5s4)[C@@H]3c3cccc(Oc4ccccc4)c3)ccc2O1.